The van der Waals surface area contributed by atoms with Crippen LogP contribution in [0.25, 0.3) is 11.3 Å². The van der Waals surface area contributed by atoms with Gasteiger partial charge >= 0.3 is 0 Å². The number of carbonyl (C=O) groups excluding carboxylic acids is 1. The van der Waals surface area contributed by atoms with E-state index in [1.54, 1.807) is 18.9 Å². The molecule has 0 radical (unpaired) electrons. The van der Waals surface area contributed by atoms with Crippen molar-refractivity contribution in [2.75, 3.05) is 7.05 Å². The summed E-state index contributed by atoms with van der Waals surface area (Å²) < 4.78 is 5.90. The molecule has 1 amide bonds. The van der Waals surface area contributed by atoms with Gasteiger partial charge in [0, 0.05) is 17.1 Å². The second-order valence-electron chi connectivity index (χ2n) is 6.15. The average Bonchev–Trinajstić information content (AvgIpc) is 2.85. The zero-order valence-electron chi connectivity index (χ0n) is 12.8. The largest absolute Gasteiger partial charge is 0.459 e. The lowest BCUT2D eigenvalue weighted by Crippen LogP contribution is -2.34. The lowest BCUT2D eigenvalue weighted by atomic mass is 10.1. The summed E-state index contributed by atoms with van der Waals surface area (Å²) in [6.07, 6.45) is 0.481. The van der Waals surface area contributed by atoms with Crippen LogP contribution in [0.4, 0.5) is 0 Å². The molecule has 1 saturated carbocycles. The Morgan fingerprint density at radius 3 is 2.43 bits per heavy atom. The normalized spacial score (nSPS) is 22.0. The molecule has 0 spiro atoms. The van der Waals surface area contributed by atoms with Crippen LogP contribution in [0.5, 0.6) is 0 Å². The fourth-order valence-corrected chi connectivity index (χ4v) is 3.55. The molecule has 6 heteroatoms. The van der Waals surface area contributed by atoms with E-state index in [1.165, 1.54) is 0 Å². The van der Waals surface area contributed by atoms with Crippen LogP contribution in [0.1, 0.15) is 19.1 Å². The number of furan rings is 1. The van der Waals surface area contributed by atoms with Crippen molar-refractivity contribution in [3.05, 3.63) is 46.6 Å². The number of nitrogens with zero attached hydrogens (tertiary/aromatic N) is 1. The molecular weight excluding hydrogens is 401 g/mol. The Kier molecular flexibility index (Phi) is 4.28. The highest BCUT2D eigenvalue weighted by atomic mass is 79.9. The van der Waals surface area contributed by atoms with E-state index in [9.17, 15) is 4.79 Å². The molecule has 1 aliphatic carbocycles. The summed E-state index contributed by atoms with van der Waals surface area (Å²) in [7, 11) is 1.73. The van der Waals surface area contributed by atoms with E-state index in [-0.39, 0.29) is 5.91 Å². The SMILES string of the molecule is CN(Cc1ccc(-c2ccc(Br)cc2)o1)C(=O)[C@]1(C)CC1(Cl)Cl. The molecule has 122 valence electrons. The van der Waals surface area contributed by atoms with Crippen LogP contribution < -0.4 is 0 Å². The summed E-state index contributed by atoms with van der Waals surface area (Å²) in [5, 5.41) is 0. The summed E-state index contributed by atoms with van der Waals surface area (Å²) in [5.74, 6) is 1.43. The van der Waals surface area contributed by atoms with Crippen molar-refractivity contribution in [3.63, 3.8) is 0 Å². The second kappa shape index (κ2) is 5.83. The van der Waals surface area contributed by atoms with Crippen LogP contribution in [-0.4, -0.2) is 22.2 Å². The minimum absolute atomic E-state index is 0.0657. The molecule has 1 fully saturated rings. The minimum atomic E-state index is -0.954. The van der Waals surface area contributed by atoms with E-state index in [4.69, 9.17) is 27.6 Å². The van der Waals surface area contributed by atoms with E-state index >= 15 is 0 Å². The number of hydrogen-bond acceptors (Lipinski definition) is 2. The van der Waals surface area contributed by atoms with Gasteiger partial charge in [0.2, 0.25) is 5.91 Å². The van der Waals surface area contributed by atoms with Gasteiger partial charge in [0.05, 0.1) is 12.0 Å². The number of halogens is 3. The molecular formula is C17H16BrCl2NO2. The zero-order chi connectivity index (χ0) is 16.8. The van der Waals surface area contributed by atoms with E-state index < -0.39 is 9.75 Å². The van der Waals surface area contributed by atoms with Gasteiger partial charge in [0.15, 0.2) is 0 Å². The smallest absolute Gasteiger partial charge is 0.231 e. The number of amides is 1. The maximum atomic E-state index is 12.5. The molecule has 0 bridgehead atoms. The first-order chi connectivity index (χ1) is 10.7. The van der Waals surface area contributed by atoms with Crippen molar-refractivity contribution < 1.29 is 9.21 Å². The average molecular weight is 417 g/mol. The van der Waals surface area contributed by atoms with Crippen LogP contribution >= 0.6 is 39.1 Å². The number of benzene rings is 1. The first-order valence-electron chi connectivity index (χ1n) is 7.21. The standard InChI is InChI=1S/C17H16BrCl2NO2/c1-16(10-17(16,19)20)15(22)21(2)9-13-7-8-14(23-13)11-3-5-12(18)6-4-11/h3-8H,9-10H2,1-2H3/t16-/m0/s1. The fourth-order valence-electron chi connectivity index (χ4n) is 2.59. The molecule has 1 heterocycles. The Morgan fingerprint density at radius 2 is 1.87 bits per heavy atom. The Balaban J connectivity index is 1.70. The van der Waals surface area contributed by atoms with E-state index in [1.807, 2.05) is 36.4 Å². The predicted octanol–water partition coefficient (Wildman–Crippen LogP) is 5.25. The number of hydrogen-bond donors (Lipinski definition) is 0. The highest BCUT2D eigenvalue weighted by Crippen LogP contribution is 2.64. The highest BCUT2D eigenvalue weighted by molar-refractivity contribution is 9.10. The number of alkyl halides is 2. The Bertz CT molecular complexity index is 741. The third kappa shape index (κ3) is 3.17. The van der Waals surface area contributed by atoms with Crippen molar-refractivity contribution in [2.45, 2.75) is 24.2 Å². The maximum Gasteiger partial charge on any atom is 0.231 e. The van der Waals surface area contributed by atoms with Crippen LogP contribution in [0.2, 0.25) is 0 Å². The lowest BCUT2D eigenvalue weighted by molar-refractivity contribution is -0.135. The first kappa shape index (κ1) is 16.9. The van der Waals surface area contributed by atoms with Crippen molar-refractivity contribution in [1.29, 1.82) is 0 Å². The molecule has 0 aliphatic heterocycles. The van der Waals surface area contributed by atoms with Crippen molar-refractivity contribution >= 4 is 45.0 Å². The zero-order valence-corrected chi connectivity index (χ0v) is 15.9. The van der Waals surface area contributed by atoms with Gasteiger partial charge in [-0.1, -0.05) is 28.1 Å². The third-order valence-electron chi connectivity index (χ3n) is 4.26. The quantitative estimate of drug-likeness (QED) is 0.637. The van der Waals surface area contributed by atoms with Crippen molar-refractivity contribution in [1.82, 2.24) is 4.90 Å². The summed E-state index contributed by atoms with van der Waals surface area (Å²) >= 11 is 15.6. The topological polar surface area (TPSA) is 33.5 Å². The molecule has 0 saturated heterocycles. The van der Waals surface area contributed by atoms with Gasteiger partial charge in [0.25, 0.3) is 0 Å². The minimum Gasteiger partial charge on any atom is -0.459 e. The molecule has 1 aromatic carbocycles. The van der Waals surface area contributed by atoms with E-state index in [2.05, 4.69) is 15.9 Å². The molecule has 1 aliphatic rings. The molecule has 2 aromatic rings. The number of rotatable bonds is 4. The van der Waals surface area contributed by atoms with Gasteiger partial charge in [-0.15, -0.1) is 23.2 Å². The summed E-state index contributed by atoms with van der Waals surface area (Å²) in [6, 6.07) is 11.7. The monoisotopic (exact) mass is 415 g/mol. The van der Waals surface area contributed by atoms with Gasteiger partial charge in [-0.3, -0.25) is 4.79 Å². The molecule has 3 rings (SSSR count). The number of carbonyl (C=O) groups is 1. The van der Waals surface area contributed by atoms with Crippen molar-refractivity contribution in [2.24, 2.45) is 5.41 Å². The van der Waals surface area contributed by atoms with Gasteiger partial charge in [-0.05, 0) is 37.6 Å². The van der Waals surface area contributed by atoms with E-state index in [0.29, 0.717) is 13.0 Å². The Labute approximate surface area is 153 Å². The van der Waals surface area contributed by atoms with Crippen LogP contribution in [0.3, 0.4) is 0 Å². The third-order valence-corrected chi connectivity index (χ3v) is 5.89. The molecule has 1 atom stereocenters. The molecule has 0 N–H and O–H groups in total. The van der Waals surface area contributed by atoms with E-state index in [0.717, 1.165) is 21.6 Å². The predicted molar refractivity (Wildman–Crippen MR) is 95.5 cm³/mol. The lowest BCUT2D eigenvalue weighted by Gasteiger charge is -2.21. The molecule has 3 nitrogen and oxygen atoms in total. The summed E-state index contributed by atoms with van der Waals surface area (Å²) in [4.78, 5) is 14.1. The second-order valence-corrected chi connectivity index (χ2v) is 8.55. The molecule has 0 unspecified atom stereocenters. The van der Waals surface area contributed by atoms with Crippen molar-refractivity contribution in [3.8, 4) is 11.3 Å². The molecule has 1 aromatic heterocycles. The highest BCUT2D eigenvalue weighted by Gasteiger charge is 2.68. The van der Waals surface area contributed by atoms with Gasteiger partial charge in [0.1, 0.15) is 15.9 Å². The van der Waals surface area contributed by atoms with Crippen LogP contribution in [0.15, 0.2) is 45.3 Å². The Morgan fingerprint density at radius 1 is 1.26 bits per heavy atom. The maximum absolute atomic E-state index is 12.5. The van der Waals surface area contributed by atoms with Gasteiger partial charge in [-0.25, -0.2) is 0 Å². The summed E-state index contributed by atoms with van der Waals surface area (Å²) in [5.41, 5.74) is 0.287. The van der Waals surface area contributed by atoms with Crippen LogP contribution in [0, 0.1) is 5.41 Å². The Hall–Kier alpha value is -0.970. The van der Waals surface area contributed by atoms with Gasteiger partial charge in [-0.2, -0.15) is 0 Å². The molecule has 23 heavy (non-hydrogen) atoms. The fraction of sp³-hybridized carbons (Fsp3) is 0.353. The first-order valence-corrected chi connectivity index (χ1v) is 8.76. The van der Waals surface area contributed by atoms with Crippen LogP contribution in [-0.2, 0) is 11.3 Å². The van der Waals surface area contributed by atoms with Gasteiger partial charge < -0.3 is 9.32 Å². The summed E-state index contributed by atoms with van der Waals surface area (Å²) in [6.45, 7) is 2.18.